The SMILES string of the molecule is CC(C)[C@H](NS(=O)(=O)c1ccccc1F)C(=O)NCc1ccnc(-n2cccn2)c1. The highest BCUT2D eigenvalue weighted by atomic mass is 32.2. The molecule has 0 saturated heterocycles. The van der Waals surface area contributed by atoms with Gasteiger partial charge in [0.1, 0.15) is 16.8 Å². The summed E-state index contributed by atoms with van der Waals surface area (Å²) in [4.78, 5) is 16.4. The standard InChI is InChI=1S/C20H22FN5O3S/c1-14(2)19(25-30(28,29)17-7-4-3-6-16(17)21)20(27)23-13-15-8-10-22-18(12-15)26-11-5-9-24-26/h3-12,14,19,25H,13H2,1-2H3,(H,23,27)/t19-/m0/s1. The van der Waals surface area contributed by atoms with E-state index in [1.165, 1.54) is 12.1 Å². The Balaban J connectivity index is 1.71. The molecule has 8 nitrogen and oxygen atoms in total. The minimum atomic E-state index is -4.21. The number of benzene rings is 1. The van der Waals surface area contributed by atoms with Crippen LogP contribution in [0.3, 0.4) is 0 Å². The topological polar surface area (TPSA) is 106 Å². The molecule has 0 aliphatic rings. The summed E-state index contributed by atoms with van der Waals surface area (Å²) in [5.41, 5.74) is 0.767. The lowest BCUT2D eigenvalue weighted by Crippen LogP contribution is -2.49. The monoisotopic (exact) mass is 431 g/mol. The Kier molecular flexibility index (Phi) is 6.58. The van der Waals surface area contributed by atoms with Crippen LogP contribution in [0.2, 0.25) is 0 Å². The highest BCUT2D eigenvalue weighted by Crippen LogP contribution is 2.16. The van der Waals surface area contributed by atoms with E-state index in [4.69, 9.17) is 0 Å². The lowest BCUT2D eigenvalue weighted by Gasteiger charge is -2.22. The van der Waals surface area contributed by atoms with Crippen LogP contribution >= 0.6 is 0 Å². The van der Waals surface area contributed by atoms with Crippen LogP contribution in [0.5, 0.6) is 0 Å². The van der Waals surface area contributed by atoms with Crippen LogP contribution in [0.25, 0.3) is 5.82 Å². The van der Waals surface area contributed by atoms with E-state index in [1.54, 1.807) is 55.3 Å². The molecule has 0 aliphatic carbocycles. The first-order valence-electron chi connectivity index (χ1n) is 9.27. The number of hydrogen-bond acceptors (Lipinski definition) is 5. The molecule has 158 valence electrons. The number of sulfonamides is 1. The molecule has 0 radical (unpaired) electrons. The van der Waals surface area contributed by atoms with Gasteiger partial charge in [0.2, 0.25) is 15.9 Å². The van der Waals surface area contributed by atoms with Gasteiger partial charge in [-0.1, -0.05) is 26.0 Å². The zero-order valence-electron chi connectivity index (χ0n) is 16.5. The Morgan fingerprint density at radius 1 is 1.17 bits per heavy atom. The number of amides is 1. The maximum atomic E-state index is 13.9. The molecule has 3 rings (SSSR count). The summed E-state index contributed by atoms with van der Waals surface area (Å²) in [6, 6.07) is 9.23. The summed E-state index contributed by atoms with van der Waals surface area (Å²) in [6.07, 6.45) is 4.97. The first-order valence-corrected chi connectivity index (χ1v) is 10.8. The van der Waals surface area contributed by atoms with E-state index >= 15 is 0 Å². The summed E-state index contributed by atoms with van der Waals surface area (Å²) >= 11 is 0. The predicted molar refractivity (Wildman–Crippen MR) is 109 cm³/mol. The second-order valence-corrected chi connectivity index (χ2v) is 8.65. The average molecular weight is 431 g/mol. The van der Waals surface area contributed by atoms with Crippen LogP contribution in [-0.2, 0) is 21.4 Å². The van der Waals surface area contributed by atoms with Crippen LogP contribution in [-0.4, -0.2) is 35.1 Å². The minimum absolute atomic E-state index is 0.167. The zero-order valence-corrected chi connectivity index (χ0v) is 17.3. The third kappa shape index (κ3) is 5.08. The smallest absolute Gasteiger partial charge is 0.244 e. The normalized spacial score (nSPS) is 12.7. The van der Waals surface area contributed by atoms with Crippen LogP contribution in [0.4, 0.5) is 4.39 Å². The van der Waals surface area contributed by atoms with Gasteiger partial charge in [-0.3, -0.25) is 4.79 Å². The van der Waals surface area contributed by atoms with Crippen molar-refractivity contribution in [2.45, 2.75) is 31.3 Å². The lowest BCUT2D eigenvalue weighted by molar-refractivity contribution is -0.123. The van der Waals surface area contributed by atoms with Gasteiger partial charge in [0.25, 0.3) is 0 Å². The zero-order chi connectivity index (χ0) is 21.7. The fourth-order valence-corrected chi connectivity index (χ4v) is 4.21. The Labute approximate surface area is 174 Å². The number of carbonyl (C=O) groups excluding carboxylic acids is 1. The molecule has 0 unspecified atom stereocenters. The Hall–Kier alpha value is -3.11. The third-order valence-electron chi connectivity index (χ3n) is 4.37. The number of nitrogens with zero attached hydrogens (tertiary/aromatic N) is 3. The molecular formula is C20H22FN5O3S. The quantitative estimate of drug-likeness (QED) is 0.568. The van der Waals surface area contributed by atoms with Crippen molar-refractivity contribution >= 4 is 15.9 Å². The van der Waals surface area contributed by atoms with Gasteiger partial charge < -0.3 is 5.32 Å². The van der Waals surface area contributed by atoms with Gasteiger partial charge in [0.15, 0.2) is 5.82 Å². The van der Waals surface area contributed by atoms with Gasteiger partial charge in [-0.2, -0.15) is 9.82 Å². The minimum Gasteiger partial charge on any atom is -0.351 e. The fraction of sp³-hybridized carbons (Fsp3) is 0.250. The molecule has 0 saturated carbocycles. The van der Waals surface area contributed by atoms with Gasteiger partial charge in [0.05, 0.1) is 0 Å². The summed E-state index contributed by atoms with van der Waals surface area (Å²) in [6.45, 7) is 3.58. The Morgan fingerprint density at radius 2 is 1.93 bits per heavy atom. The van der Waals surface area contributed by atoms with Gasteiger partial charge in [-0.15, -0.1) is 0 Å². The molecule has 0 spiro atoms. The number of rotatable bonds is 8. The number of halogens is 1. The molecule has 2 N–H and O–H groups in total. The number of carbonyl (C=O) groups is 1. The van der Waals surface area contributed by atoms with E-state index in [9.17, 15) is 17.6 Å². The van der Waals surface area contributed by atoms with E-state index < -0.39 is 32.7 Å². The summed E-state index contributed by atoms with van der Waals surface area (Å²) in [5, 5.41) is 6.83. The first kappa shape index (κ1) is 21.6. The van der Waals surface area contributed by atoms with Crippen molar-refractivity contribution in [1.29, 1.82) is 0 Å². The van der Waals surface area contributed by atoms with Crippen molar-refractivity contribution in [1.82, 2.24) is 24.8 Å². The van der Waals surface area contributed by atoms with Crippen LogP contribution < -0.4 is 10.0 Å². The second-order valence-electron chi connectivity index (χ2n) is 6.96. The molecular weight excluding hydrogens is 409 g/mol. The molecule has 1 amide bonds. The summed E-state index contributed by atoms with van der Waals surface area (Å²) in [5.74, 6) is -1.16. The summed E-state index contributed by atoms with van der Waals surface area (Å²) in [7, 11) is -4.21. The molecule has 3 aromatic rings. The van der Waals surface area contributed by atoms with Crippen molar-refractivity contribution in [3.8, 4) is 5.82 Å². The number of pyridine rings is 1. The Morgan fingerprint density at radius 3 is 2.60 bits per heavy atom. The fourth-order valence-electron chi connectivity index (χ4n) is 2.78. The molecule has 2 heterocycles. The molecule has 0 fully saturated rings. The van der Waals surface area contributed by atoms with Crippen molar-refractivity contribution in [2.24, 2.45) is 5.92 Å². The highest BCUT2D eigenvalue weighted by molar-refractivity contribution is 7.89. The average Bonchev–Trinajstić information content (AvgIpc) is 3.25. The van der Waals surface area contributed by atoms with Crippen LogP contribution in [0.1, 0.15) is 19.4 Å². The van der Waals surface area contributed by atoms with Gasteiger partial charge in [-0.05, 0) is 41.8 Å². The molecule has 0 aliphatic heterocycles. The lowest BCUT2D eigenvalue weighted by atomic mass is 10.0. The van der Waals surface area contributed by atoms with E-state index in [0.717, 1.165) is 17.7 Å². The van der Waals surface area contributed by atoms with Crippen LogP contribution in [0.15, 0.2) is 66.0 Å². The van der Waals surface area contributed by atoms with Crippen molar-refractivity contribution in [3.05, 3.63) is 72.4 Å². The molecule has 0 bridgehead atoms. The first-order chi connectivity index (χ1) is 14.3. The van der Waals surface area contributed by atoms with Crippen molar-refractivity contribution in [3.63, 3.8) is 0 Å². The third-order valence-corrected chi connectivity index (χ3v) is 5.85. The van der Waals surface area contributed by atoms with E-state index in [-0.39, 0.29) is 12.5 Å². The summed E-state index contributed by atoms with van der Waals surface area (Å²) < 4.78 is 43.0. The Bertz CT molecular complexity index is 1120. The molecule has 10 heteroatoms. The van der Waals surface area contributed by atoms with E-state index in [2.05, 4.69) is 20.1 Å². The van der Waals surface area contributed by atoms with Gasteiger partial charge >= 0.3 is 0 Å². The molecule has 30 heavy (non-hydrogen) atoms. The maximum Gasteiger partial charge on any atom is 0.244 e. The molecule has 1 aromatic carbocycles. The van der Waals surface area contributed by atoms with Crippen LogP contribution in [0, 0.1) is 11.7 Å². The number of hydrogen-bond donors (Lipinski definition) is 2. The second kappa shape index (κ2) is 9.14. The van der Waals surface area contributed by atoms with Gasteiger partial charge in [0, 0.05) is 25.1 Å². The number of aromatic nitrogens is 3. The largest absolute Gasteiger partial charge is 0.351 e. The van der Waals surface area contributed by atoms with E-state index in [1.807, 2.05) is 0 Å². The molecule has 2 aromatic heterocycles. The highest BCUT2D eigenvalue weighted by Gasteiger charge is 2.29. The van der Waals surface area contributed by atoms with E-state index in [0.29, 0.717) is 5.82 Å². The number of nitrogens with one attached hydrogen (secondary N) is 2. The predicted octanol–water partition coefficient (Wildman–Crippen LogP) is 2.03. The van der Waals surface area contributed by atoms with Crippen molar-refractivity contribution in [2.75, 3.05) is 0 Å². The maximum absolute atomic E-state index is 13.9. The molecule has 1 atom stereocenters. The van der Waals surface area contributed by atoms with Crippen molar-refractivity contribution < 1.29 is 17.6 Å². The van der Waals surface area contributed by atoms with Gasteiger partial charge in [-0.25, -0.2) is 22.5 Å².